The topological polar surface area (TPSA) is 171 Å². The van der Waals surface area contributed by atoms with E-state index in [0.717, 1.165) is 28.3 Å². The monoisotopic (exact) mass is 746 g/mol. The van der Waals surface area contributed by atoms with E-state index >= 15 is 0 Å². The number of amides is 4. The first kappa shape index (κ1) is 43.9. The molecule has 0 aliphatic carbocycles. The van der Waals surface area contributed by atoms with Gasteiger partial charge in [-0.15, -0.1) is 0 Å². The maximum atomic E-state index is 14.7. The van der Waals surface area contributed by atoms with E-state index in [4.69, 9.17) is 10.5 Å². The Hall–Kier alpha value is -4.48. The van der Waals surface area contributed by atoms with Gasteiger partial charge in [-0.1, -0.05) is 120 Å². The molecular formula is C43H62N4O7. The highest BCUT2D eigenvalue weighted by Crippen LogP contribution is 2.26. The number of alkyl carbamates (subject to hydrolysis) is 1. The van der Waals surface area contributed by atoms with E-state index in [9.17, 15) is 29.4 Å². The van der Waals surface area contributed by atoms with Gasteiger partial charge in [-0.3, -0.25) is 14.4 Å². The quantitative estimate of drug-likeness (QED) is 0.0856. The van der Waals surface area contributed by atoms with Crippen molar-refractivity contribution < 1.29 is 34.1 Å². The molecule has 3 aromatic carbocycles. The fraction of sp³-hybridized carbons (Fsp3) is 0.535. The molecule has 54 heavy (non-hydrogen) atoms. The fourth-order valence-corrected chi connectivity index (χ4v) is 6.89. The second kappa shape index (κ2) is 22.0. The van der Waals surface area contributed by atoms with E-state index in [1.807, 2.05) is 107 Å². The lowest BCUT2D eigenvalue weighted by Gasteiger charge is -2.40. The zero-order chi connectivity index (χ0) is 39.8. The number of nitrogens with two attached hydrogens (primary N) is 1. The lowest BCUT2D eigenvalue weighted by atomic mass is 9.87. The molecule has 0 aliphatic rings. The Labute approximate surface area is 321 Å². The zero-order valence-corrected chi connectivity index (χ0v) is 32.9. The van der Waals surface area contributed by atoms with Gasteiger partial charge in [0.2, 0.25) is 17.7 Å². The molecule has 11 nitrogen and oxygen atoms in total. The van der Waals surface area contributed by atoms with Crippen LogP contribution < -0.4 is 16.4 Å². The normalized spacial score (nSPS) is 14.9. The molecular weight excluding hydrogens is 684 g/mol. The molecule has 0 unspecified atom stereocenters. The molecule has 0 heterocycles. The standard InChI is InChI=1S/C43H62N4O7/c1-7-8-21-36(42(52)47(26-29(4)5)38(22-28(2)3)39(49)25-34(40(44)50)23-30(6)48)45-41(51)37(46-43(53)54-27-31-15-10-9-11-16-31)24-33-19-14-18-32-17-12-13-20-35(32)33/h9-20,28-30,34,36-39,48-49H,7-8,21-27H2,1-6H3,(H2,44,50)(H,45,51)(H,46,53)/t30-,34-,36+,37+,38+,39+/m1/s1. The summed E-state index contributed by atoms with van der Waals surface area (Å²) in [5.74, 6) is -2.20. The number of primary amides is 1. The Balaban J connectivity index is 1.96. The van der Waals surface area contributed by atoms with E-state index in [2.05, 4.69) is 10.6 Å². The number of rotatable bonds is 22. The van der Waals surface area contributed by atoms with Gasteiger partial charge in [0, 0.05) is 18.9 Å². The molecule has 296 valence electrons. The van der Waals surface area contributed by atoms with Crippen LogP contribution >= 0.6 is 0 Å². The summed E-state index contributed by atoms with van der Waals surface area (Å²) in [4.78, 5) is 56.3. The highest BCUT2D eigenvalue weighted by molar-refractivity contribution is 5.93. The van der Waals surface area contributed by atoms with Gasteiger partial charge in [-0.05, 0) is 66.3 Å². The second-order valence-electron chi connectivity index (χ2n) is 15.4. The molecule has 3 rings (SSSR count). The summed E-state index contributed by atoms with van der Waals surface area (Å²) >= 11 is 0. The molecule has 0 radical (unpaired) electrons. The molecule has 0 saturated carbocycles. The second-order valence-corrected chi connectivity index (χ2v) is 15.4. The van der Waals surface area contributed by atoms with Crippen molar-refractivity contribution >= 4 is 34.6 Å². The molecule has 6 N–H and O–H groups in total. The highest BCUT2D eigenvalue weighted by atomic mass is 16.5. The number of nitrogens with one attached hydrogen (secondary N) is 2. The SMILES string of the molecule is CCCC[C@H](NC(=O)[C@H](Cc1cccc2ccccc12)NC(=O)OCc1ccccc1)C(=O)N(CC(C)C)[C@@H](CC(C)C)[C@@H](O)C[C@@H](C[C@@H](C)O)C(N)=O. The van der Waals surface area contributed by atoms with Gasteiger partial charge in [0.1, 0.15) is 18.7 Å². The molecule has 0 fully saturated rings. The van der Waals surface area contributed by atoms with E-state index in [-0.39, 0.29) is 43.6 Å². The number of carbonyl (C=O) groups excluding carboxylic acids is 4. The number of hydrogen-bond donors (Lipinski definition) is 5. The predicted octanol–water partition coefficient (Wildman–Crippen LogP) is 5.88. The van der Waals surface area contributed by atoms with Gasteiger partial charge < -0.3 is 36.2 Å². The predicted molar refractivity (Wildman–Crippen MR) is 212 cm³/mol. The summed E-state index contributed by atoms with van der Waals surface area (Å²) < 4.78 is 5.52. The van der Waals surface area contributed by atoms with Crippen molar-refractivity contribution in [3.8, 4) is 0 Å². The Kier molecular flexibility index (Phi) is 17.9. The van der Waals surface area contributed by atoms with Gasteiger partial charge in [-0.25, -0.2) is 4.79 Å². The van der Waals surface area contributed by atoms with Crippen molar-refractivity contribution in [3.63, 3.8) is 0 Å². The molecule has 0 spiro atoms. The Bertz CT molecular complexity index is 1630. The summed E-state index contributed by atoms with van der Waals surface area (Å²) in [6.45, 7) is 11.8. The maximum absolute atomic E-state index is 14.7. The number of hydrogen-bond acceptors (Lipinski definition) is 7. The molecule has 4 amide bonds. The minimum atomic E-state index is -1.12. The van der Waals surface area contributed by atoms with Crippen LogP contribution in [-0.2, 0) is 32.1 Å². The first-order valence-corrected chi connectivity index (χ1v) is 19.4. The number of fused-ring (bicyclic) bond motifs is 1. The van der Waals surface area contributed by atoms with Crippen molar-refractivity contribution in [1.29, 1.82) is 0 Å². The first-order chi connectivity index (χ1) is 25.7. The van der Waals surface area contributed by atoms with Crippen LogP contribution in [0.4, 0.5) is 4.79 Å². The number of carbonyl (C=O) groups is 4. The molecule has 0 aromatic heterocycles. The third kappa shape index (κ3) is 14.1. The van der Waals surface area contributed by atoms with Crippen molar-refractivity contribution in [2.24, 2.45) is 23.5 Å². The molecule has 6 atom stereocenters. The molecule has 0 aliphatic heterocycles. The fourth-order valence-electron chi connectivity index (χ4n) is 6.89. The minimum absolute atomic E-state index is 0.0166. The average molecular weight is 747 g/mol. The van der Waals surface area contributed by atoms with E-state index < -0.39 is 54.2 Å². The Morgan fingerprint density at radius 1 is 0.796 bits per heavy atom. The molecule has 11 heteroatoms. The van der Waals surface area contributed by atoms with Gasteiger partial charge >= 0.3 is 6.09 Å². The Morgan fingerprint density at radius 3 is 2.09 bits per heavy atom. The number of ether oxygens (including phenoxy) is 1. The number of unbranched alkanes of at least 4 members (excludes halogenated alkanes) is 1. The summed E-state index contributed by atoms with van der Waals surface area (Å²) in [6, 6.07) is 20.1. The van der Waals surface area contributed by atoms with Crippen LogP contribution in [0.2, 0.25) is 0 Å². The van der Waals surface area contributed by atoms with E-state index in [1.165, 1.54) is 0 Å². The van der Waals surface area contributed by atoms with Crippen molar-refractivity contribution in [3.05, 3.63) is 83.9 Å². The summed E-state index contributed by atoms with van der Waals surface area (Å²) in [5, 5.41) is 29.4. The number of benzene rings is 3. The summed E-state index contributed by atoms with van der Waals surface area (Å²) in [5.41, 5.74) is 7.32. The van der Waals surface area contributed by atoms with Crippen LogP contribution in [0.5, 0.6) is 0 Å². The lowest BCUT2D eigenvalue weighted by molar-refractivity contribution is -0.143. The third-order valence-electron chi connectivity index (χ3n) is 9.54. The summed E-state index contributed by atoms with van der Waals surface area (Å²) in [6.07, 6.45) is -0.282. The highest BCUT2D eigenvalue weighted by Gasteiger charge is 2.37. The van der Waals surface area contributed by atoms with Crippen molar-refractivity contribution in [1.82, 2.24) is 15.5 Å². The van der Waals surface area contributed by atoms with Crippen molar-refractivity contribution in [2.75, 3.05) is 6.54 Å². The van der Waals surface area contributed by atoms with Crippen LogP contribution in [0.15, 0.2) is 72.8 Å². The van der Waals surface area contributed by atoms with Crippen molar-refractivity contribution in [2.45, 2.75) is 123 Å². The smallest absolute Gasteiger partial charge is 0.408 e. The molecule has 0 bridgehead atoms. The van der Waals surface area contributed by atoms with Gasteiger partial charge in [-0.2, -0.15) is 0 Å². The zero-order valence-electron chi connectivity index (χ0n) is 32.9. The lowest BCUT2D eigenvalue weighted by Crippen LogP contribution is -2.58. The maximum Gasteiger partial charge on any atom is 0.408 e. The van der Waals surface area contributed by atoms with Gasteiger partial charge in [0.05, 0.1) is 18.2 Å². The number of nitrogens with zero attached hydrogens (tertiary/aromatic N) is 1. The summed E-state index contributed by atoms with van der Waals surface area (Å²) in [7, 11) is 0. The van der Waals surface area contributed by atoms with Crippen LogP contribution in [0.25, 0.3) is 10.8 Å². The van der Waals surface area contributed by atoms with Crippen LogP contribution in [0.3, 0.4) is 0 Å². The van der Waals surface area contributed by atoms with Crippen LogP contribution in [-0.4, -0.2) is 75.8 Å². The van der Waals surface area contributed by atoms with E-state index in [0.29, 0.717) is 25.8 Å². The Morgan fingerprint density at radius 2 is 1.46 bits per heavy atom. The van der Waals surface area contributed by atoms with Crippen LogP contribution in [0.1, 0.15) is 91.2 Å². The third-order valence-corrected chi connectivity index (χ3v) is 9.54. The molecule has 3 aromatic rings. The largest absolute Gasteiger partial charge is 0.445 e. The van der Waals surface area contributed by atoms with E-state index in [1.54, 1.807) is 11.8 Å². The number of aliphatic hydroxyl groups excluding tert-OH is 2. The van der Waals surface area contributed by atoms with Crippen LogP contribution in [0, 0.1) is 17.8 Å². The minimum Gasteiger partial charge on any atom is -0.445 e. The van der Waals surface area contributed by atoms with Gasteiger partial charge in [0.15, 0.2) is 0 Å². The first-order valence-electron chi connectivity index (χ1n) is 19.4. The number of aliphatic hydroxyl groups is 2. The van der Waals surface area contributed by atoms with Gasteiger partial charge in [0.25, 0.3) is 0 Å². The molecule has 0 saturated heterocycles. The average Bonchev–Trinajstić information content (AvgIpc) is 3.13.